The van der Waals surface area contributed by atoms with Crippen LogP contribution >= 0.6 is 11.3 Å². The minimum absolute atomic E-state index is 0.116. The Bertz CT molecular complexity index is 1300. The summed E-state index contributed by atoms with van der Waals surface area (Å²) in [6, 6.07) is 14.9. The van der Waals surface area contributed by atoms with Gasteiger partial charge in [-0.15, -0.1) is 5.10 Å². The molecule has 2 heterocycles. The lowest BCUT2D eigenvalue weighted by atomic mass is 10.1. The normalized spacial score (nSPS) is 10.5. The SMILES string of the molecule is Cc1ccc(O)c(C)c1NC(=O)c1cnc(Nc2nn(-c3ccccc3)cc2C#N)s1. The van der Waals surface area contributed by atoms with Gasteiger partial charge in [0.2, 0.25) is 0 Å². The number of carbonyl (C=O) groups excluding carboxylic acids is 1. The number of rotatable bonds is 5. The highest BCUT2D eigenvalue weighted by molar-refractivity contribution is 7.17. The lowest BCUT2D eigenvalue weighted by Gasteiger charge is -2.11. The predicted octanol–water partition coefficient (Wildman–Crippen LogP) is 4.52. The maximum atomic E-state index is 12.7. The molecule has 0 bridgehead atoms. The minimum atomic E-state index is -0.335. The summed E-state index contributed by atoms with van der Waals surface area (Å²) in [5.74, 6) is 0.135. The molecule has 0 atom stereocenters. The quantitative estimate of drug-likeness (QED) is 0.429. The fraction of sp³-hybridized carbons (Fsp3) is 0.0909. The van der Waals surface area contributed by atoms with Gasteiger partial charge in [0.1, 0.15) is 22.3 Å². The van der Waals surface area contributed by atoms with Gasteiger partial charge in [-0.05, 0) is 37.6 Å². The van der Waals surface area contributed by atoms with E-state index in [0.29, 0.717) is 32.6 Å². The molecule has 8 nitrogen and oxygen atoms in total. The standard InChI is InChI=1S/C22H18N6O2S/c1-13-8-9-17(29)14(2)19(13)25-21(30)18-11-24-22(31-18)26-20-15(10-23)12-28(27-20)16-6-4-3-5-7-16/h3-9,11-12,29H,1-2H3,(H,25,30)(H,24,26,27). The second kappa shape index (κ2) is 8.30. The number of anilines is 3. The molecule has 0 radical (unpaired) electrons. The lowest BCUT2D eigenvalue weighted by molar-refractivity contribution is 0.103. The number of benzene rings is 2. The number of phenols is 1. The molecule has 3 N–H and O–H groups in total. The van der Waals surface area contributed by atoms with Gasteiger partial charge in [-0.25, -0.2) is 9.67 Å². The van der Waals surface area contributed by atoms with Gasteiger partial charge in [0.15, 0.2) is 10.9 Å². The fourth-order valence-electron chi connectivity index (χ4n) is 3.00. The molecular formula is C22H18N6O2S. The van der Waals surface area contributed by atoms with Gasteiger partial charge in [0.25, 0.3) is 5.91 Å². The van der Waals surface area contributed by atoms with Crippen LogP contribution in [-0.4, -0.2) is 25.8 Å². The molecule has 0 saturated heterocycles. The van der Waals surface area contributed by atoms with Crippen LogP contribution in [0.15, 0.2) is 54.9 Å². The molecular weight excluding hydrogens is 412 g/mol. The Kier molecular flexibility index (Phi) is 5.39. The molecule has 0 spiro atoms. The van der Waals surface area contributed by atoms with Crippen LogP contribution in [0.25, 0.3) is 5.69 Å². The highest BCUT2D eigenvalue weighted by atomic mass is 32.1. The second-order valence-electron chi connectivity index (χ2n) is 6.79. The average molecular weight is 430 g/mol. The van der Waals surface area contributed by atoms with Crippen LogP contribution < -0.4 is 10.6 Å². The third kappa shape index (κ3) is 4.10. The van der Waals surface area contributed by atoms with E-state index >= 15 is 0 Å². The largest absolute Gasteiger partial charge is 0.508 e. The Hall–Kier alpha value is -4.16. The smallest absolute Gasteiger partial charge is 0.267 e. The number of nitrogens with one attached hydrogen (secondary N) is 2. The molecule has 1 amide bonds. The van der Waals surface area contributed by atoms with Crippen molar-refractivity contribution in [3.63, 3.8) is 0 Å². The van der Waals surface area contributed by atoms with E-state index in [1.54, 1.807) is 29.9 Å². The summed E-state index contributed by atoms with van der Waals surface area (Å²) < 4.78 is 1.61. The van der Waals surface area contributed by atoms with Crippen LogP contribution in [-0.2, 0) is 0 Å². The highest BCUT2D eigenvalue weighted by Gasteiger charge is 2.17. The fourth-order valence-corrected chi connectivity index (χ4v) is 3.71. The van der Waals surface area contributed by atoms with E-state index < -0.39 is 0 Å². The van der Waals surface area contributed by atoms with Crippen LogP contribution in [0.4, 0.5) is 16.6 Å². The molecule has 0 saturated carbocycles. The van der Waals surface area contributed by atoms with Crippen LogP contribution in [0.2, 0.25) is 0 Å². The minimum Gasteiger partial charge on any atom is -0.508 e. The number of hydrogen-bond acceptors (Lipinski definition) is 7. The van der Waals surface area contributed by atoms with E-state index in [0.717, 1.165) is 22.6 Å². The zero-order chi connectivity index (χ0) is 22.0. The molecule has 154 valence electrons. The molecule has 0 aliphatic rings. The van der Waals surface area contributed by atoms with E-state index in [1.165, 1.54) is 6.20 Å². The van der Waals surface area contributed by atoms with Crippen molar-refractivity contribution in [1.29, 1.82) is 5.26 Å². The van der Waals surface area contributed by atoms with E-state index in [-0.39, 0.29) is 11.7 Å². The topological polar surface area (TPSA) is 116 Å². The summed E-state index contributed by atoms with van der Waals surface area (Å²) in [5, 5.41) is 30.1. The van der Waals surface area contributed by atoms with Gasteiger partial charge in [0.05, 0.1) is 23.8 Å². The Morgan fingerprint density at radius 2 is 1.97 bits per heavy atom. The number of nitrogens with zero attached hydrogens (tertiary/aromatic N) is 4. The first kappa shape index (κ1) is 20.1. The Balaban J connectivity index is 1.54. The van der Waals surface area contributed by atoms with E-state index in [2.05, 4.69) is 26.8 Å². The van der Waals surface area contributed by atoms with E-state index in [4.69, 9.17) is 0 Å². The van der Waals surface area contributed by atoms with Gasteiger partial charge in [-0.2, -0.15) is 5.26 Å². The molecule has 0 aliphatic carbocycles. The Morgan fingerprint density at radius 1 is 1.19 bits per heavy atom. The monoisotopic (exact) mass is 430 g/mol. The second-order valence-corrected chi connectivity index (χ2v) is 7.82. The summed E-state index contributed by atoms with van der Waals surface area (Å²) in [6.45, 7) is 3.60. The molecule has 0 unspecified atom stereocenters. The summed E-state index contributed by atoms with van der Waals surface area (Å²) in [6.07, 6.45) is 3.09. The van der Waals surface area contributed by atoms with E-state index in [1.807, 2.05) is 37.3 Å². The van der Waals surface area contributed by atoms with Gasteiger partial charge >= 0.3 is 0 Å². The average Bonchev–Trinajstić information content (AvgIpc) is 3.42. The van der Waals surface area contributed by atoms with Gasteiger partial charge in [0, 0.05) is 5.56 Å². The van der Waals surface area contributed by atoms with Crippen molar-refractivity contribution in [1.82, 2.24) is 14.8 Å². The van der Waals surface area contributed by atoms with Crippen molar-refractivity contribution >= 4 is 33.9 Å². The Labute approximate surface area is 182 Å². The molecule has 0 fully saturated rings. The molecule has 2 aromatic heterocycles. The third-order valence-corrected chi connectivity index (χ3v) is 5.61. The number of para-hydroxylation sites is 1. The van der Waals surface area contributed by atoms with Crippen LogP contribution in [0, 0.1) is 25.2 Å². The van der Waals surface area contributed by atoms with Crippen molar-refractivity contribution in [2.75, 3.05) is 10.6 Å². The van der Waals surface area contributed by atoms with Crippen molar-refractivity contribution in [2.24, 2.45) is 0 Å². The lowest BCUT2D eigenvalue weighted by Crippen LogP contribution is -2.12. The van der Waals surface area contributed by atoms with Crippen LogP contribution in [0.3, 0.4) is 0 Å². The Morgan fingerprint density at radius 3 is 2.71 bits per heavy atom. The first-order chi connectivity index (χ1) is 15.0. The molecule has 9 heteroatoms. The number of aryl methyl sites for hydroxylation is 1. The molecule has 2 aromatic carbocycles. The number of phenolic OH excluding ortho intramolecular Hbond substituents is 1. The number of aromatic hydroxyl groups is 1. The van der Waals surface area contributed by atoms with Crippen molar-refractivity contribution < 1.29 is 9.90 Å². The molecule has 4 aromatic rings. The number of nitriles is 1. The maximum absolute atomic E-state index is 12.7. The van der Waals surface area contributed by atoms with Gasteiger partial charge < -0.3 is 15.7 Å². The number of carbonyl (C=O) groups is 1. The van der Waals surface area contributed by atoms with Crippen molar-refractivity contribution in [2.45, 2.75) is 13.8 Å². The van der Waals surface area contributed by atoms with Crippen LogP contribution in [0.1, 0.15) is 26.4 Å². The summed E-state index contributed by atoms with van der Waals surface area (Å²) in [7, 11) is 0. The van der Waals surface area contributed by atoms with Crippen LogP contribution in [0.5, 0.6) is 5.75 Å². The first-order valence-corrected chi connectivity index (χ1v) is 10.2. The maximum Gasteiger partial charge on any atom is 0.267 e. The van der Waals surface area contributed by atoms with Crippen molar-refractivity contribution in [3.8, 4) is 17.5 Å². The number of thiazole rings is 1. The first-order valence-electron chi connectivity index (χ1n) is 9.35. The molecule has 31 heavy (non-hydrogen) atoms. The zero-order valence-corrected chi connectivity index (χ0v) is 17.6. The van der Waals surface area contributed by atoms with Gasteiger partial charge in [-0.3, -0.25) is 4.79 Å². The van der Waals surface area contributed by atoms with Crippen molar-refractivity contribution in [3.05, 3.63) is 76.4 Å². The molecule has 4 rings (SSSR count). The number of amides is 1. The van der Waals surface area contributed by atoms with Gasteiger partial charge in [-0.1, -0.05) is 35.6 Å². The summed E-state index contributed by atoms with van der Waals surface area (Å²) in [4.78, 5) is 17.3. The molecule has 0 aliphatic heterocycles. The summed E-state index contributed by atoms with van der Waals surface area (Å²) >= 11 is 1.14. The number of hydrogen-bond donors (Lipinski definition) is 3. The van der Waals surface area contributed by atoms with E-state index in [9.17, 15) is 15.2 Å². The number of aromatic nitrogens is 3. The third-order valence-electron chi connectivity index (χ3n) is 4.69. The predicted molar refractivity (Wildman–Crippen MR) is 119 cm³/mol. The summed E-state index contributed by atoms with van der Waals surface area (Å²) in [5.41, 5.74) is 3.19. The zero-order valence-electron chi connectivity index (χ0n) is 16.7. The highest BCUT2D eigenvalue weighted by Crippen LogP contribution is 2.30.